The van der Waals surface area contributed by atoms with Gasteiger partial charge in [0.15, 0.2) is 0 Å². The topological polar surface area (TPSA) is 121 Å². The number of aliphatic carboxylic acids is 1. The lowest BCUT2D eigenvalue weighted by atomic mass is 10.1. The summed E-state index contributed by atoms with van der Waals surface area (Å²) >= 11 is 0. The Morgan fingerprint density at radius 3 is 2.14 bits per heavy atom. The number of hydrogen-bond acceptors (Lipinski definition) is 4. The quantitative estimate of drug-likeness (QED) is 0.593. The van der Waals surface area contributed by atoms with Crippen LogP contribution in [0.1, 0.15) is 27.2 Å². The molecule has 0 aliphatic carbocycles. The van der Waals surface area contributed by atoms with Crippen LogP contribution in [-0.2, 0) is 14.3 Å². The highest BCUT2D eigenvalue weighted by Gasteiger charge is 2.23. The zero-order valence-electron chi connectivity index (χ0n) is 8.53. The SMILES string of the molecule is CC(C)(C)OC(=O)[C@@H](N)CC(=O)O.O. The Hall–Kier alpha value is -1.14. The lowest BCUT2D eigenvalue weighted by molar-refractivity contribution is -0.158. The highest BCUT2D eigenvalue weighted by Crippen LogP contribution is 2.08. The number of ether oxygens (including phenoxy) is 1. The Morgan fingerprint density at radius 1 is 1.43 bits per heavy atom. The molecular formula is C8H17NO5. The molecule has 14 heavy (non-hydrogen) atoms. The minimum Gasteiger partial charge on any atom is -0.481 e. The smallest absolute Gasteiger partial charge is 0.324 e. The zero-order chi connectivity index (χ0) is 10.6. The molecule has 0 aromatic rings. The summed E-state index contributed by atoms with van der Waals surface area (Å²) in [6, 6.07) is -1.09. The number of esters is 1. The molecule has 0 fully saturated rings. The van der Waals surface area contributed by atoms with Crippen LogP contribution in [0.3, 0.4) is 0 Å². The van der Waals surface area contributed by atoms with Gasteiger partial charge in [0.25, 0.3) is 0 Å². The first-order valence-electron chi connectivity index (χ1n) is 3.92. The van der Waals surface area contributed by atoms with E-state index < -0.39 is 30.0 Å². The van der Waals surface area contributed by atoms with Gasteiger partial charge < -0.3 is 21.1 Å². The number of carbonyl (C=O) groups is 2. The summed E-state index contributed by atoms with van der Waals surface area (Å²) < 4.78 is 4.87. The Labute approximate surface area is 82.3 Å². The summed E-state index contributed by atoms with van der Waals surface area (Å²) in [5.74, 6) is -1.80. The van der Waals surface area contributed by atoms with Crippen LogP contribution in [0.4, 0.5) is 0 Å². The molecule has 0 aromatic heterocycles. The summed E-state index contributed by atoms with van der Waals surface area (Å²) in [6.45, 7) is 5.08. The fraction of sp³-hybridized carbons (Fsp3) is 0.750. The van der Waals surface area contributed by atoms with E-state index in [-0.39, 0.29) is 5.48 Å². The van der Waals surface area contributed by atoms with Crippen LogP contribution >= 0.6 is 0 Å². The van der Waals surface area contributed by atoms with Gasteiger partial charge in [0, 0.05) is 0 Å². The molecule has 0 bridgehead atoms. The van der Waals surface area contributed by atoms with Crippen molar-refractivity contribution in [2.75, 3.05) is 0 Å². The summed E-state index contributed by atoms with van der Waals surface area (Å²) in [4.78, 5) is 21.3. The molecule has 0 rings (SSSR count). The fourth-order valence-corrected chi connectivity index (χ4v) is 0.649. The Bertz CT molecular complexity index is 208. The minimum atomic E-state index is -1.11. The van der Waals surface area contributed by atoms with Crippen molar-refractivity contribution < 1.29 is 24.9 Å². The van der Waals surface area contributed by atoms with E-state index in [2.05, 4.69) is 0 Å². The molecule has 0 aromatic carbocycles. The Balaban J connectivity index is 0. The molecule has 0 heterocycles. The summed E-state index contributed by atoms with van der Waals surface area (Å²) in [6.07, 6.45) is -0.408. The summed E-state index contributed by atoms with van der Waals surface area (Å²) in [5.41, 5.74) is 4.64. The third-order valence-corrected chi connectivity index (χ3v) is 1.10. The molecule has 0 amide bonds. The van der Waals surface area contributed by atoms with Crippen LogP contribution in [0, 0.1) is 0 Å². The number of hydrogen-bond donors (Lipinski definition) is 2. The second-order valence-electron chi connectivity index (χ2n) is 3.74. The molecule has 6 nitrogen and oxygen atoms in total. The standard InChI is InChI=1S/C8H15NO4.H2O/c1-8(2,3)13-7(12)5(9)4-6(10)11;/h5H,4,9H2,1-3H3,(H,10,11);1H2/t5-;/m0./s1. The molecule has 0 radical (unpaired) electrons. The predicted octanol–water partition coefficient (Wildman–Crippen LogP) is -0.695. The van der Waals surface area contributed by atoms with Crippen molar-refractivity contribution in [2.45, 2.75) is 38.8 Å². The van der Waals surface area contributed by atoms with Crippen molar-refractivity contribution in [1.29, 1.82) is 0 Å². The van der Waals surface area contributed by atoms with Crippen LogP contribution < -0.4 is 5.73 Å². The minimum absolute atomic E-state index is 0. The number of rotatable bonds is 3. The van der Waals surface area contributed by atoms with Crippen molar-refractivity contribution in [2.24, 2.45) is 5.73 Å². The molecule has 0 spiro atoms. The van der Waals surface area contributed by atoms with E-state index in [4.69, 9.17) is 15.6 Å². The second kappa shape index (κ2) is 5.56. The van der Waals surface area contributed by atoms with Gasteiger partial charge in [-0.2, -0.15) is 0 Å². The third kappa shape index (κ3) is 7.51. The molecule has 0 unspecified atom stereocenters. The number of carboxylic acid groups (broad SMARTS) is 1. The molecule has 0 saturated carbocycles. The number of carboxylic acids is 1. The van der Waals surface area contributed by atoms with E-state index in [1.54, 1.807) is 20.8 Å². The molecule has 0 aliphatic heterocycles. The third-order valence-electron chi connectivity index (χ3n) is 1.10. The predicted molar refractivity (Wildman–Crippen MR) is 49.7 cm³/mol. The molecule has 0 aliphatic rings. The lowest BCUT2D eigenvalue weighted by Gasteiger charge is -2.21. The van der Waals surface area contributed by atoms with Gasteiger partial charge in [0.05, 0.1) is 6.42 Å². The van der Waals surface area contributed by atoms with E-state index in [0.717, 1.165) is 0 Å². The van der Waals surface area contributed by atoms with Crippen molar-refractivity contribution >= 4 is 11.9 Å². The molecule has 0 saturated heterocycles. The first kappa shape index (κ1) is 15.3. The molecule has 84 valence electrons. The van der Waals surface area contributed by atoms with Gasteiger partial charge in [0.1, 0.15) is 11.6 Å². The van der Waals surface area contributed by atoms with Crippen LogP contribution in [0.5, 0.6) is 0 Å². The maximum atomic E-state index is 11.1. The zero-order valence-corrected chi connectivity index (χ0v) is 8.53. The van der Waals surface area contributed by atoms with Crippen molar-refractivity contribution in [3.05, 3.63) is 0 Å². The van der Waals surface area contributed by atoms with E-state index in [9.17, 15) is 9.59 Å². The normalized spacial score (nSPS) is 12.6. The molecule has 5 N–H and O–H groups in total. The van der Waals surface area contributed by atoms with Crippen LogP contribution in [0.2, 0.25) is 0 Å². The van der Waals surface area contributed by atoms with Crippen molar-refractivity contribution in [3.8, 4) is 0 Å². The fourth-order valence-electron chi connectivity index (χ4n) is 0.649. The summed E-state index contributed by atoms with van der Waals surface area (Å²) in [7, 11) is 0. The first-order valence-corrected chi connectivity index (χ1v) is 3.92. The van der Waals surface area contributed by atoms with Gasteiger partial charge in [0.2, 0.25) is 0 Å². The van der Waals surface area contributed by atoms with Gasteiger partial charge in [-0.25, -0.2) is 0 Å². The highest BCUT2D eigenvalue weighted by molar-refractivity contribution is 5.81. The molecule has 6 heteroatoms. The van der Waals surface area contributed by atoms with Gasteiger partial charge in [-0.1, -0.05) is 0 Å². The van der Waals surface area contributed by atoms with Gasteiger partial charge >= 0.3 is 11.9 Å². The maximum absolute atomic E-state index is 11.1. The number of nitrogens with two attached hydrogens (primary N) is 1. The monoisotopic (exact) mass is 207 g/mol. The summed E-state index contributed by atoms with van der Waals surface area (Å²) in [5, 5.41) is 8.34. The first-order chi connectivity index (χ1) is 5.72. The number of carbonyl (C=O) groups excluding carboxylic acids is 1. The average Bonchev–Trinajstić information content (AvgIpc) is 1.81. The van der Waals surface area contributed by atoms with Crippen molar-refractivity contribution in [1.82, 2.24) is 0 Å². The lowest BCUT2D eigenvalue weighted by Crippen LogP contribution is -2.38. The van der Waals surface area contributed by atoms with Gasteiger partial charge in [-0.05, 0) is 20.8 Å². The Morgan fingerprint density at radius 2 is 1.86 bits per heavy atom. The highest BCUT2D eigenvalue weighted by atomic mass is 16.6. The van der Waals surface area contributed by atoms with E-state index in [1.807, 2.05) is 0 Å². The maximum Gasteiger partial charge on any atom is 0.324 e. The Kier molecular flexibility index (Phi) is 6.09. The van der Waals surface area contributed by atoms with Gasteiger partial charge in [-0.15, -0.1) is 0 Å². The average molecular weight is 207 g/mol. The van der Waals surface area contributed by atoms with E-state index in [0.29, 0.717) is 0 Å². The molecule has 1 atom stereocenters. The van der Waals surface area contributed by atoms with Crippen molar-refractivity contribution in [3.63, 3.8) is 0 Å². The van der Waals surface area contributed by atoms with E-state index >= 15 is 0 Å². The van der Waals surface area contributed by atoms with Gasteiger partial charge in [-0.3, -0.25) is 9.59 Å². The van der Waals surface area contributed by atoms with E-state index in [1.165, 1.54) is 0 Å². The van der Waals surface area contributed by atoms with Crippen LogP contribution in [0.15, 0.2) is 0 Å². The largest absolute Gasteiger partial charge is 0.481 e. The van der Waals surface area contributed by atoms with Crippen LogP contribution in [-0.4, -0.2) is 34.2 Å². The van der Waals surface area contributed by atoms with Crippen LogP contribution in [0.25, 0.3) is 0 Å². The second-order valence-corrected chi connectivity index (χ2v) is 3.74. The molecular weight excluding hydrogens is 190 g/mol.